The van der Waals surface area contributed by atoms with Crippen LogP contribution in [0, 0.1) is 0 Å². The van der Waals surface area contributed by atoms with E-state index in [-0.39, 0.29) is 5.48 Å². The van der Waals surface area contributed by atoms with E-state index < -0.39 is 0 Å². The van der Waals surface area contributed by atoms with Gasteiger partial charge in [0, 0.05) is 45.1 Å². The number of rotatable bonds is 7. The van der Waals surface area contributed by atoms with Gasteiger partial charge < -0.3 is 20.0 Å². The Morgan fingerprint density at radius 2 is 1.89 bits per heavy atom. The van der Waals surface area contributed by atoms with Crippen LogP contribution in [-0.4, -0.2) is 59.7 Å². The zero-order valence-electron chi connectivity index (χ0n) is 16.3. The van der Waals surface area contributed by atoms with Crippen LogP contribution in [0.3, 0.4) is 0 Å². The fraction of sp³-hybridized carbons (Fsp3) is 0.429. The van der Waals surface area contributed by atoms with Crippen molar-refractivity contribution in [1.29, 1.82) is 0 Å². The molecule has 0 spiro atoms. The van der Waals surface area contributed by atoms with Crippen molar-refractivity contribution < 1.29 is 10.2 Å². The van der Waals surface area contributed by atoms with E-state index in [1.807, 2.05) is 12.1 Å². The van der Waals surface area contributed by atoms with Gasteiger partial charge in [0.1, 0.15) is 5.75 Å². The van der Waals surface area contributed by atoms with E-state index in [2.05, 4.69) is 46.1 Å². The molecule has 1 aromatic carbocycles. The van der Waals surface area contributed by atoms with E-state index in [1.165, 1.54) is 17.5 Å². The summed E-state index contributed by atoms with van der Waals surface area (Å²) in [4.78, 5) is 13.8. The van der Waals surface area contributed by atoms with Crippen LogP contribution < -0.4 is 9.64 Å². The van der Waals surface area contributed by atoms with Crippen LogP contribution in [0.15, 0.2) is 48.8 Å². The Hall–Kier alpha value is -2.22. The number of nitrogens with zero attached hydrogens (tertiary/aromatic N) is 4. The number of hydrogen-bond donors (Lipinski definition) is 0. The van der Waals surface area contributed by atoms with Gasteiger partial charge in [0.2, 0.25) is 0 Å². The number of piperidine rings is 1. The number of pyridine rings is 1. The van der Waals surface area contributed by atoms with Gasteiger partial charge in [-0.15, -0.1) is 0 Å². The Balaban J connectivity index is 0.00000225. The molecule has 3 aromatic rings. The van der Waals surface area contributed by atoms with Crippen molar-refractivity contribution in [3.63, 3.8) is 0 Å². The van der Waals surface area contributed by atoms with Gasteiger partial charge in [0.15, 0.2) is 5.13 Å². The van der Waals surface area contributed by atoms with Crippen molar-refractivity contribution >= 4 is 26.7 Å². The number of para-hydroxylation sites is 1. The molecule has 0 unspecified atom stereocenters. The minimum absolute atomic E-state index is 0. The van der Waals surface area contributed by atoms with Crippen molar-refractivity contribution in [3.05, 3.63) is 48.8 Å². The number of likely N-dealkylation sites (tertiary alicyclic amines) is 1. The third-order valence-corrected chi connectivity index (χ3v) is 6.35. The molecular formula is C21H28N4O2S. The lowest BCUT2D eigenvalue weighted by Gasteiger charge is -2.36. The Morgan fingerprint density at radius 1 is 1.14 bits per heavy atom. The third-order valence-electron chi connectivity index (χ3n) is 5.23. The van der Waals surface area contributed by atoms with Crippen LogP contribution in [0.25, 0.3) is 10.2 Å². The molecule has 0 atom stereocenters. The maximum atomic E-state index is 5.76. The average Bonchev–Trinajstić information content (AvgIpc) is 3.16. The SMILES string of the molecule is CN(c1nc2ccccc2s1)C1CCN(CCCOc2ccncc2)CC1.O. The Kier molecular flexibility index (Phi) is 7.19. The van der Waals surface area contributed by atoms with Gasteiger partial charge >= 0.3 is 0 Å². The maximum Gasteiger partial charge on any atom is 0.186 e. The van der Waals surface area contributed by atoms with Crippen molar-refractivity contribution in [2.24, 2.45) is 0 Å². The highest BCUT2D eigenvalue weighted by atomic mass is 32.1. The lowest BCUT2D eigenvalue weighted by molar-refractivity contribution is 0.192. The van der Waals surface area contributed by atoms with Gasteiger partial charge in [-0.3, -0.25) is 4.98 Å². The minimum atomic E-state index is 0. The minimum Gasteiger partial charge on any atom is -0.493 e. The highest BCUT2D eigenvalue weighted by molar-refractivity contribution is 7.22. The normalized spacial score (nSPS) is 15.3. The van der Waals surface area contributed by atoms with Crippen LogP contribution in [0.5, 0.6) is 5.75 Å². The predicted molar refractivity (Wildman–Crippen MR) is 115 cm³/mol. The van der Waals surface area contributed by atoms with E-state index in [4.69, 9.17) is 9.72 Å². The van der Waals surface area contributed by atoms with Gasteiger partial charge in [-0.2, -0.15) is 0 Å². The average molecular weight is 401 g/mol. The summed E-state index contributed by atoms with van der Waals surface area (Å²) in [5, 5.41) is 1.14. The van der Waals surface area contributed by atoms with Crippen molar-refractivity contribution in [2.75, 3.05) is 38.2 Å². The number of anilines is 1. The number of thiazole rings is 1. The van der Waals surface area contributed by atoms with Crippen LogP contribution in [0.2, 0.25) is 0 Å². The standard InChI is InChI=1S/C21H26N4OS.H2O/c1-24(21-23-19-5-2-3-6-20(19)27-21)17-9-14-25(15-10-17)13-4-16-26-18-7-11-22-12-8-18;/h2-3,5-8,11-12,17H,4,9-10,13-16H2,1H3;1H2. The molecule has 0 radical (unpaired) electrons. The van der Waals surface area contributed by atoms with Gasteiger partial charge in [0.25, 0.3) is 0 Å². The zero-order valence-corrected chi connectivity index (χ0v) is 17.1. The van der Waals surface area contributed by atoms with E-state index >= 15 is 0 Å². The summed E-state index contributed by atoms with van der Waals surface area (Å²) in [6.45, 7) is 4.16. The monoisotopic (exact) mass is 400 g/mol. The van der Waals surface area contributed by atoms with Gasteiger partial charge in [0.05, 0.1) is 16.8 Å². The molecular weight excluding hydrogens is 372 g/mol. The first kappa shape index (κ1) is 20.5. The molecule has 28 heavy (non-hydrogen) atoms. The van der Waals surface area contributed by atoms with E-state index in [1.54, 1.807) is 23.7 Å². The van der Waals surface area contributed by atoms with Crippen LogP contribution >= 0.6 is 11.3 Å². The summed E-state index contributed by atoms with van der Waals surface area (Å²) in [5.74, 6) is 0.904. The van der Waals surface area contributed by atoms with Crippen molar-refractivity contribution in [1.82, 2.24) is 14.9 Å². The first-order chi connectivity index (χ1) is 13.3. The lowest BCUT2D eigenvalue weighted by Crippen LogP contribution is -2.43. The predicted octanol–water partition coefficient (Wildman–Crippen LogP) is 3.24. The maximum absolute atomic E-state index is 5.76. The number of aromatic nitrogens is 2. The summed E-state index contributed by atoms with van der Waals surface area (Å²) in [6.07, 6.45) is 6.97. The number of benzene rings is 1. The summed E-state index contributed by atoms with van der Waals surface area (Å²) in [5.41, 5.74) is 1.11. The van der Waals surface area contributed by atoms with E-state index in [0.29, 0.717) is 6.04 Å². The molecule has 1 saturated heterocycles. The third kappa shape index (κ3) is 4.98. The quantitative estimate of drug-likeness (QED) is 0.569. The molecule has 4 rings (SSSR count). The van der Waals surface area contributed by atoms with Gasteiger partial charge in [-0.05, 0) is 43.5 Å². The van der Waals surface area contributed by atoms with Gasteiger partial charge in [-0.25, -0.2) is 4.98 Å². The Bertz CT molecular complexity index is 817. The molecule has 7 heteroatoms. The van der Waals surface area contributed by atoms with Crippen LogP contribution in [-0.2, 0) is 0 Å². The summed E-state index contributed by atoms with van der Waals surface area (Å²) < 4.78 is 7.03. The van der Waals surface area contributed by atoms with Crippen molar-refractivity contribution in [2.45, 2.75) is 25.3 Å². The van der Waals surface area contributed by atoms with E-state index in [9.17, 15) is 0 Å². The smallest absolute Gasteiger partial charge is 0.186 e. The Labute approximate surface area is 170 Å². The number of ether oxygens (including phenoxy) is 1. The molecule has 2 N–H and O–H groups in total. The first-order valence-corrected chi connectivity index (χ1v) is 10.4. The fourth-order valence-corrected chi connectivity index (χ4v) is 4.61. The highest BCUT2D eigenvalue weighted by Gasteiger charge is 2.24. The molecule has 6 nitrogen and oxygen atoms in total. The van der Waals surface area contributed by atoms with E-state index in [0.717, 1.165) is 49.1 Å². The summed E-state index contributed by atoms with van der Waals surface area (Å²) in [6, 6.07) is 12.8. The zero-order chi connectivity index (χ0) is 18.5. The largest absolute Gasteiger partial charge is 0.493 e. The highest BCUT2D eigenvalue weighted by Crippen LogP contribution is 2.30. The second-order valence-corrected chi connectivity index (χ2v) is 8.04. The molecule has 0 bridgehead atoms. The summed E-state index contributed by atoms with van der Waals surface area (Å²) >= 11 is 1.79. The molecule has 150 valence electrons. The second-order valence-electron chi connectivity index (χ2n) is 7.03. The Morgan fingerprint density at radius 3 is 2.64 bits per heavy atom. The molecule has 2 aromatic heterocycles. The van der Waals surface area contributed by atoms with Gasteiger partial charge in [-0.1, -0.05) is 23.5 Å². The molecule has 3 heterocycles. The lowest BCUT2D eigenvalue weighted by atomic mass is 10.0. The molecule has 0 aliphatic carbocycles. The van der Waals surface area contributed by atoms with Crippen LogP contribution in [0.1, 0.15) is 19.3 Å². The molecule has 1 aliphatic heterocycles. The summed E-state index contributed by atoms with van der Waals surface area (Å²) in [7, 11) is 2.20. The molecule has 0 amide bonds. The van der Waals surface area contributed by atoms with Crippen LogP contribution in [0.4, 0.5) is 5.13 Å². The number of fused-ring (bicyclic) bond motifs is 1. The fourth-order valence-electron chi connectivity index (χ4n) is 3.61. The molecule has 1 fully saturated rings. The topological polar surface area (TPSA) is 73.0 Å². The second kappa shape index (κ2) is 9.82. The first-order valence-electron chi connectivity index (χ1n) is 9.63. The number of hydrogen-bond acceptors (Lipinski definition) is 6. The molecule has 1 aliphatic rings. The van der Waals surface area contributed by atoms with Crippen molar-refractivity contribution in [3.8, 4) is 5.75 Å². The molecule has 0 saturated carbocycles.